The lowest BCUT2D eigenvalue weighted by molar-refractivity contribution is 0.555. The third-order valence-corrected chi connectivity index (χ3v) is 4.78. The van der Waals surface area contributed by atoms with Crippen LogP contribution in [0.15, 0.2) is 0 Å². The van der Waals surface area contributed by atoms with Crippen LogP contribution < -0.4 is 0 Å². The third-order valence-electron chi connectivity index (χ3n) is 2.66. The zero-order valence-electron chi connectivity index (χ0n) is 7.86. The molecule has 1 atom stereocenters. The lowest BCUT2D eigenvalue weighted by atomic mass is 10.1. The standard InChI is InChI=1S/C9H15NO2S/c1-8(6-10)13(11,12)7-9-4-2-3-5-9/h8-9H,2-5,7H2,1H3. The molecule has 0 aromatic rings. The molecule has 0 radical (unpaired) electrons. The van der Waals surface area contributed by atoms with Crippen molar-refractivity contribution in [3.8, 4) is 6.07 Å². The van der Waals surface area contributed by atoms with Crippen molar-refractivity contribution in [1.82, 2.24) is 0 Å². The second kappa shape index (κ2) is 4.10. The first-order valence-electron chi connectivity index (χ1n) is 4.67. The molecule has 0 aromatic heterocycles. The van der Waals surface area contributed by atoms with Gasteiger partial charge in [-0.3, -0.25) is 0 Å². The van der Waals surface area contributed by atoms with Gasteiger partial charge in [0.15, 0.2) is 9.84 Å². The van der Waals surface area contributed by atoms with Crippen LogP contribution in [-0.4, -0.2) is 19.4 Å². The van der Waals surface area contributed by atoms with Crippen molar-refractivity contribution in [2.24, 2.45) is 5.92 Å². The Labute approximate surface area is 79.7 Å². The molecule has 4 heteroatoms. The largest absolute Gasteiger partial charge is 0.227 e. The van der Waals surface area contributed by atoms with Crippen molar-refractivity contribution in [1.29, 1.82) is 5.26 Å². The number of nitriles is 1. The molecule has 1 saturated carbocycles. The Morgan fingerprint density at radius 1 is 1.46 bits per heavy atom. The van der Waals surface area contributed by atoms with Gasteiger partial charge in [-0.15, -0.1) is 0 Å². The van der Waals surface area contributed by atoms with E-state index in [1.54, 1.807) is 6.07 Å². The molecule has 0 aliphatic heterocycles. The SMILES string of the molecule is CC(C#N)S(=O)(=O)CC1CCCC1. The highest BCUT2D eigenvalue weighted by Crippen LogP contribution is 2.26. The van der Waals surface area contributed by atoms with Crippen LogP contribution in [0.1, 0.15) is 32.6 Å². The summed E-state index contributed by atoms with van der Waals surface area (Å²) in [5, 5.41) is 7.68. The number of hydrogen-bond acceptors (Lipinski definition) is 3. The van der Waals surface area contributed by atoms with Crippen molar-refractivity contribution >= 4 is 9.84 Å². The molecular formula is C9H15NO2S. The van der Waals surface area contributed by atoms with E-state index >= 15 is 0 Å². The Hall–Kier alpha value is -0.560. The first kappa shape index (κ1) is 10.5. The number of rotatable bonds is 3. The first-order valence-corrected chi connectivity index (χ1v) is 6.39. The predicted octanol–water partition coefficient (Wildman–Crippen LogP) is 1.50. The Kier molecular flexibility index (Phi) is 3.32. The Morgan fingerprint density at radius 2 is 2.00 bits per heavy atom. The molecule has 0 aromatic carbocycles. The van der Waals surface area contributed by atoms with Crippen LogP contribution >= 0.6 is 0 Å². The summed E-state index contributed by atoms with van der Waals surface area (Å²) >= 11 is 0. The summed E-state index contributed by atoms with van der Waals surface area (Å²) in [6.07, 6.45) is 4.30. The third kappa shape index (κ3) is 2.70. The average molecular weight is 201 g/mol. The number of nitrogens with zero attached hydrogens (tertiary/aromatic N) is 1. The van der Waals surface area contributed by atoms with Gasteiger partial charge in [0.1, 0.15) is 5.25 Å². The van der Waals surface area contributed by atoms with E-state index in [-0.39, 0.29) is 5.75 Å². The van der Waals surface area contributed by atoms with Gasteiger partial charge < -0.3 is 0 Å². The van der Waals surface area contributed by atoms with Gasteiger partial charge in [-0.25, -0.2) is 8.42 Å². The highest BCUT2D eigenvalue weighted by Gasteiger charge is 2.26. The van der Waals surface area contributed by atoms with Crippen molar-refractivity contribution in [3.63, 3.8) is 0 Å². The van der Waals surface area contributed by atoms with Gasteiger partial charge in [0.05, 0.1) is 11.8 Å². The van der Waals surface area contributed by atoms with Crippen molar-refractivity contribution < 1.29 is 8.42 Å². The molecule has 13 heavy (non-hydrogen) atoms. The predicted molar refractivity (Wildman–Crippen MR) is 50.8 cm³/mol. The van der Waals surface area contributed by atoms with Crippen LogP contribution in [0.3, 0.4) is 0 Å². The zero-order valence-corrected chi connectivity index (χ0v) is 8.68. The van der Waals surface area contributed by atoms with Crippen LogP contribution in [-0.2, 0) is 9.84 Å². The highest BCUT2D eigenvalue weighted by molar-refractivity contribution is 7.92. The summed E-state index contributed by atoms with van der Waals surface area (Å²) in [5.74, 6) is 0.516. The van der Waals surface area contributed by atoms with E-state index in [9.17, 15) is 8.42 Å². The Balaban J connectivity index is 2.57. The number of hydrogen-bond donors (Lipinski definition) is 0. The molecule has 74 valence electrons. The van der Waals surface area contributed by atoms with E-state index < -0.39 is 15.1 Å². The highest BCUT2D eigenvalue weighted by atomic mass is 32.2. The minimum Gasteiger partial charge on any atom is -0.227 e. The Morgan fingerprint density at radius 3 is 2.46 bits per heavy atom. The minimum atomic E-state index is -3.15. The summed E-state index contributed by atoms with van der Waals surface area (Å²) in [6.45, 7) is 1.46. The monoisotopic (exact) mass is 201 g/mol. The van der Waals surface area contributed by atoms with Crippen molar-refractivity contribution in [3.05, 3.63) is 0 Å². The Bertz CT molecular complexity index is 296. The van der Waals surface area contributed by atoms with E-state index in [1.807, 2.05) is 0 Å². The summed E-state index contributed by atoms with van der Waals surface area (Å²) in [5.41, 5.74) is 0. The van der Waals surface area contributed by atoms with E-state index in [4.69, 9.17) is 5.26 Å². The van der Waals surface area contributed by atoms with Crippen LogP contribution in [0.25, 0.3) is 0 Å². The molecule has 0 N–H and O–H groups in total. The van der Waals surface area contributed by atoms with Gasteiger partial charge in [-0.1, -0.05) is 12.8 Å². The van der Waals surface area contributed by atoms with Gasteiger partial charge >= 0.3 is 0 Å². The van der Waals surface area contributed by atoms with E-state index in [2.05, 4.69) is 0 Å². The van der Waals surface area contributed by atoms with E-state index in [0.29, 0.717) is 5.92 Å². The molecule has 0 amide bonds. The lowest BCUT2D eigenvalue weighted by Crippen LogP contribution is -2.23. The molecule has 1 aliphatic carbocycles. The van der Waals surface area contributed by atoms with Gasteiger partial charge in [-0.2, -0.15) is 5.26 Å². The molecule has 3 nitrogen and oxygen atoms in total. The molecule has 1 aliphatic rings. The normalized spacial score (nSPS) is 21.2. The maximum absolute atomic E-state index is 11.5. The van der Waals surface area contributed by atoms with Gasteiger partial charge in [0, 0.05) is 0 Å². The summed E-state index contributed by atoms with van der Waals surface area (Å²) in [7, 11) is -3.15. The van der Waals surface area contributed by atoms with Crippen LogP contribution in [0.2, 0.25) is 0 Å². The van der Waals surface area contributed by atoms with Crippen molar-refractivity contribution in [2.75, 3.05) is 5.75 Å². The molecule has 0 spiro atoms. The summed E-state index contributed by atoms with van der Waals surface area (Å²) in [6, 6.07) is 1.79. The quantitative estimate of drug-likeness (QED) is 0.695. The maximum atomic E-state index is 11.5. The smallest absolute Gasteiger partial charge is 0.166 e. The van der Waals surface area contributed by atoms with Gasteiger partial charge in [0.2, 0.25) is 0 Å². The van der Waals surface area contributed by atoms with Crippen molar-refractivity contribution in [2.45, 2.75) is 37.9 Å². The van der Waals surface area contributed by atoms with Gasteiger partial charge in [-0.05, 0) is 25.7 Å². The number of sulfone groups is 1. The fourth-order valence-electron chi connectivity index (χ4n) is 1.73. The molecular weight excluding hydrogens is 186 g/mol. The van der Waals surface area contributed by atoms with Crippen LogP contribution in [0.4, 0.5) is 0 Å². The average Bonchev–Trinajstić information content (AvgIpc) is 2.54. The van der Waals surface area contributed by atoms with E-state index in [0.717, 1.165) is 25.7 Å². The lowest BCUT2D eigenvalue weighted by Gasteiger charge is -2.10. The first-order chi connectivity index (χ1) is 6.06. The van der Waals surface area contributed by atoms with E-state index in [1.165, 1.54) is 6.92 Å². The molecule has 0 bridgehead atoms. The van der Waals surface area contributed by atoms with Crippen LogP contribution in [0.5, 0.6) is 0 Å². The minimum absolute atomic E-state index is 0.210. The summed E-state index contributed by atoms with van der Waals surface area (Å²) in [4.78, 5) is 0. The topological polar surface area (TPSA) is 57.9 Å². The summed E-state index contributed by atoms with van der Waals surface area (Å²) < 4.78 is 23.0. The zero-order chi connectivity index (χ0) is 9.90. The van der Waals surface area contributed by atoms with Gasteiger partial charge in [0.25, 0.3) is 0 Å². The molecule has 0 saturated heterocycles. The molecule has 1 fully saturated rings. The maximum Gasteiger partial charge on any atom is 0.166 e. The van der Waals surface area contributed by atoms with Crippen LogP contribution in [0, 0.1) is 17.2 Å². The second-order valence-electron chi connectivity index (χ2n) is 3.75. The fourth-order valence-corrected chi connectivity index (χ4v) is 3.17. The molecule has 0 heterocycles. The molecule has 1 rings (SSSR count). The molecule has 1 unspecified atom stereocenters. The fraction of sp³-hybridized carbons (Fsp3) is 0.889. The second-order valence-corrected chi connectivity index (χ2v) is 6.12.